The van der Waals surface area contributed by atoms with E-state index in [1.54, 1.807) is 56.3 Å². The molecule has 0 spiro atoms. The van der Waals surface area contributed by atoms with Crippen molar-refractivity contribution in [3.8, 4) is 0 Å². The molecule has 1 fully saturated rings. The quantitative estimate of drug-likeness (QED) is 0.745. The Morgan fingerprint density at radius 1 is 1.08 bits per heavy atom. The van der Waals surface area contributed by atoms with Crippen LogP contribution in [0.25, 0.3) is 0 Å². The van der Waals surface area contributed by atoms with Crippen LogP contribution in [0.3, 0.4) is 0 Å². The summed E-state index contributed by atoms with van der Waals surface area (Å²) >= 11 is 0.582. The monoisotopic (exact) mass is 378 g/mol. The van der Waals surface area contributed by atoms with Gasteiger partial charge in [0.05, 0.1) is 10.7 Å². The number of para-hydroxylation sites is 1. The van der Waals surface area contributed by atoms with Gasteiger partial charge in [-0.1, -0.05) is 65.9 Å². The van der Waals surface area contributed by atoms with E-state index in [2.05, 4.69) is 5.32 Å². The van der Waals surface area contributed by atoms with Gasteiger partial charge in [0.15, 0.2) is 0 Å². The lowest BCUT2D eigenvalue weighted by Crippen LogP contribution is -2.60. The van der Waals surface area contributed by atoms with Crippen LogP contribution in [0.2, 0.25) is 0 Å². The van der Waals surface area contributed by atoms with Crippen molar-refractivity contribution in [2.45, 2.75) is 24.9 Å². The number of nitrogens with one attached hydrogen (secondary N) is 1. The SMILES string of the molecule is C/C=C1/S[C@](c2ccc(C)cc2)(C(F)(F)F)NC(=O)N1c1ccccc1. The van der Waals surface area contributed by atoms with Crippen LogP contribution in [0.1, 0.15) is 18.1 Å². The van der Waals surface area contributed by atoms with Crippen molar-refractivity contribution in [1.82, 2.24) is 5.32 Å². The highest BCUT2D eigenvalue weighted by Crippen LogP contribution is 2.53. The molecule has 1 N–H and O–H groups in total. The zero-order valence-corrected chi connectivity index (χ0v) is 15.0. The number of thioether (sulfide) groups is 1. The number of carbonyl (C=O) groups excluding carboxylic acids is 1. The first-order valence-electron chi connectivity index (χ1n) is 7.95. The number of anilines is 1. The third kappa shape index (κ3) is 3.07. The molecule has 1 aliphatic heterocycles. The minimum Gasteiger partial charge on any atom is -0.311 e. The van der Waals surface area contributed by atoms with Gasteiger partial charge in [0.2, 0.25) is 4.87 Å². The molecule has 3 rings (SSSR count). The molecule has 1 aliphatic rings. The summed E-state index contributed by atoms with van der Waals surface area (Å²) in [6.45, 7) is 3.41. The minimum atomic E-state index is -4.68. The van der Waals surface area contributed by atoms with Crippen molar-refractivity contribution in [2.75, 3.05) is 4.90 Å². The number of urea groups is 1. The van der Waals surface area contributed by atoms with Crippen LogP contribution in [0.4, 0.5) is 23.7 Å². The maximum absolute atomic E-state index is 14.1. The first-order chi connectivity index (χ1) is 12.3. The van der Waals surface area contributed by atoms with Crippen molar-refractivity contribution in [2.24, 2.45) is 0 Å². The number of halogens is 3. The number of hydrogen-bond acceptors (Lipinski definition) is 2. The summed E-state index contributed by atoms with van der Waals surface area (Å²) in [7, 11) is 0. The van der Waals surface area contributed by atoms with Gasteiger partial charge in [-0.25, -0.2) is 4.79 Å². The number of allylic oxidation sites excluding steroid dienone is 1. The molecule has 1 heterocycles. The van der Waals surface area contributed by atoms with E-state index in [1.807, 2.05) is 0 Å². The highest BCUT2D eigenvalue weighted by molar-refractivity contribution is 8.04. The molecule has 1 saturated heterocycles. The Balaban J connectivity index is 2.10. The van der Waals surface area contributed by atoms with Crippen LogP contribution in [-0.2, 0) is 4.87 Å². The largest absolute Gasteiger partial charge is 0.425 e. The molecule has 1 atom stereocenters. The Morgan fingerprint density at radius 3 is 2.23 bits per heavy atom. The molecule has 0 saturated carbocycles. The molecule has 136 valence electrons. The third-order valence-corrected chi connectivity index (χ3v) is 5.59. The first kappa shape index (κ1) is 18.4. The predicted molar refractivity (Wildman–Crippen MR) is 97.7 cm³/mol. The van der Waals surface area contributed by atoms with Gasteiger partial charge in [0, 0.05) is 0 Å². The topological polar surface area (TPSA) is 32.3 Å². The van der Waals surface area contributed by atoms with Crippen LogP contribution >= 0.6 is 11.8 Å². The van der Waals surface area contributed by atoms with Gasteiger partial charge in [0.1, 0.15) is 0 Å². The summed E-state index contributed by atoms with van der Waals surface area (Å²) in [5, 5.41) is 2.42. The Kier molecular flexibility index (Phi) is 4.75. The molecule has 2 aromatic rings. The van der Waals surface area contributed by atoms with Crippen LogP contribution in [0.5, 0.6) is 0 Å². The second-order valence-corrected chi connectivity index (χ2v) is 7.11. The molecule has 2 amide bonds. The summed E-state index contributed by atoms with van der Waals surface area (Å²) in [5.41, 5.74) is 1.33. The van der Waals surface area contributed by atoms with Crippen molar-refractivity contribution in [1.29, 1.82) is 0 Å². The Morgan fingerprint density at radius 2 is 1.69 bits per heavy atom. The van der Waals surface area contributed by atoms with E-state index < -0.39 is 17.1 Å². The number of rotatable bonds is 2. The Bertz CT molecular complexity index is 834. The Labute approximate surface area is 153 Å². The van der Waals surface area contributed by atoms with Crippen molar-refractivity contribution >= 4 is 23.5 Å². The third-order valence-electron chi connectivity index (χ3n) is 4.08. The van der Waals surface area contributed by atoms with Gasteiger partial charge in [-0.2, -0.15) is 13.2 Å². The second-order valence-electron chi connectivity index (χ2n) is 5.88. The molecule has 0 unspecified atom stereocenters. The maximum atomic E-state index is 14.1. The average Bonchev–Trinajstić information content (AvgIpc) is 2.61. The van der Waals surface area contributed by atoms with E-state index in [-0.39, 0.29) is 10.6 Å². The zero-order chi connectivity index (χ0) is 18.9. The first-order valence-corrected chi connectivity index (χ1v) is 8.76. The van der Waals surface area contributed by atoms with Gasteiger partial charge >= 0.3 is 12.2 Å². The van der Waals surface area contributed by atoms with Crippen molar-refractivity contribution < 1.29 is 18.0 Å². The van der Waals surface area contributed by atoms with E-state index >= 15 is 0 Å². The zero-order valence-electron chi connectivity index (χ0n) is 14.2. The highest BCUT2D eigenvalue weighted by Gasteiger charge is 2.61. The molecule has 0 bridgehead atoms. The molecule has 0 aromatic heterocycles. The number of benzene rings is 2. The molecule has 26 heavy (non-hydrogen) atoms. The summed E-state index contributed by atoms with van der Waals surface area (Å²) in [5.74, 6) is 0. The van der Waals surface area contributed by atoms with Gasteiger partial charge in [-0.15, -0.1) is 0 Å². The van der Waals surface area contributed by atoms with E-state index in [1.165, 1.54) is 23.1 Å². The van der Waals surface area contributed by atoms with Crippen LogP contribution in [-0.4, -0.2) is 12.2 Å². The molecular formula is C19H17F3N2OS. The van der Waals surface area contributed by atoms with E-state index in [0.717, 1.165) is 5.56 Å². The van der Waals surface area contributed by atoms with Gasteiger partial charge in [-0.05, 0) is 31.5 Å². The fourth-order valence-corrected chi connectivity index (χ4v) is 3.98. The van der Waals surface area contributed by atoms with Gasteiger partial charge in [-0.3, -0.25) is 4.90 Å². The molecule has 3 nitrogen and oxygen atoms in total. The van der Waals surface area contributed by atoms with Crippen LogP contribution in [0, 0.1) is 6.92 Å². The lowest BCUT2D eigenvalue weighted by Gasteiger charge is -2.44. The number of aryl methyl sites for hydroxylation is 1. The number of nitrogens with zero attached hydrogens (tertiary/aromatic N) is 1. The smallest absolute Gasteiger partial charge is 0.311 e. The van der Waals surface area contributed by atoms with Crippen LogP contribution in [0.15, 0.2) is 65.7 Å². The fourth-order valence-electron chi connectivity index (χ4n) is 2.76. The molecule has 0 aliphatic carbocycles. The van der Waals surface area contributed by atoms with Crippen molar-refractivity contribution in [3.63, 3.8) is 0 Å². The summed E-state index contributed by atoms with van der Waals surface area (Å²) in [6, 6.07) is 13.8. The lowest BCUT2D eigenvalue weighted by molar-refractivity contribution is -0.167. The van der Waals surface area contributed by atoms with Gasteiger partial charge < -0.3 is 5.32 Å². The molecule has 7 heteroatoms. The lowest BCUT2D eigenvalue weighted by atomic mass is 10.0. The minimum absolute atomic E-state index is 0.0130. The number of alkyl halides is 3. The van der Waals surface area contributed by atoms with E-state index in [9.17, 15) is 18.0 Å². The maximum Gasteiger partial charge on any atom is 0.425 e. The normalized spacial score (nSPS) is 22.4. The van der Waals surface area contributed by atoms with E-state index in [4.69, 9.17) is 0 Å². The average molecular weight is 378 g/mol. The summed E-state index contributed by atoms with van der Waals surface area (Å²) in [4.78, 5) is 11.4. The molecule has 0 radical (unpaired) electrons. The summed E-state index contributed by atoms with van der Waals surface area (Å²) < 4.78 is 42.3. The van der Waals surface area contributed by atoms with Crippen LogP contribution < -0.4 is 10.2 Å². The molecule has 2 aromatic carbocycles. The van der Waals surface area contributed by atoms with Gasteiger partial charge in [0.25, 0.3) is 0 Å². The number of hydrogen-bond donors (Lipinski definition) is 1. The second kappa shape index (κ2) is 6.72. The number of carbonyl (C=O) groups is 1. The highest BCUT2D eigenvalue weighted by atomic mass is 32.2. The van der Waals surface area contributed by atoms with E-state index in [0.29, 0.717) is 17.4 Å². The standard InChI is InChI=1S/C19H17F3N2OS/c1-3-16-24(15-7-5-4-6-8-15)17(25)23-18(26-16,19(20,21)22)14-11-9-13(2)10-12-14/h3-12H,1-2H3,(H,23,25)/b16-3+/t18-/m1/s1. The fraction of sp³-hybridized carbons (Fsp3) is 0.211. The molecular weight excluding hydrogens is 361 g/mol. The summed E-state index contributed by atoms with van der Waals surface area (Å²) in [6.07, 6.45) is -3.16. The van der Waals surface area contributed by atoms with Crippen molar-refractivity contribution in [3.05, 3.63) is 76.8 Å². The number of amides is 2. The Hall–Kier alpha value is -2.41. The predicted octanol–water partition coefficient (Wildman–Crippen LogP) is 5.53.